The fourth-order valence-corrected chi connectivity index (χ4v) is 4.60. The molecule has 224 valence electrons. The van der Waals surface area contributed by atoms with Crippen LogP contribution in [0.25, 0.3) is 6.08 Å². The predicted molar refractivity (Wildman–Crippen MR) is 153 cm³/mol. The highest BCUT2D eigenvalue weighted by Crippen LogP contribution is 2.36. The van der Waals surface area contributed by atoms with Gasteiger partial charge in [0.25, 0.3) is 0 Å². The summed E-state index contributed by atoms with van der Waals surface area (Å²) in [5, 5.41) is 6.22. The van der Waals surface area contributed by atoms with Crippen molar-refractivity contribution in [2.75, 3.05) is 63.0 Å². The molecule has 1 unspecified atom stereocenters. The van der Waals surface area contributed by atoms with E-state index in [0.29, 0.717) is 31.7 Å². The lowest BCUT2D eigenvalue weighted by molar-refractivity contribution is -0.137. The zero-order valence-electron chi connectivity index (χ0n) is 23.4. The summed E-state index contributed by atoms with van der Waals surface area (Å²) in [5.74, 6) is -0.328. The molecular weight excluding hydrogens is 556 g/mol. The Kier molecular flexibility index (Phi) is 9.79. The Hall–Kier alpha value is -4.45. The molecular formula is C30H32F4N4O4. The van der Waals surface area contributed by atoms with Crippen LogP contribution < -0.4 is 25.0 Å². The van der Waals surface area contributed by atoms with Gasteiger partial charge in [0, 0.05) is 49.6 Å². The van der Waals surface area contributed by atoms with Crippen LogP contribution in [-0.4, -0.2) is 64.7 Å². The molecule has 0 radical (unpaired) electrons. The normalized spacial score (nSPS) is 14.9. The topological polar surface area (TPSA) is 75.3 Å². The number of alkyl halides is 3. The van der Waals surface area contributed by atoms with E-state index in [2.05, 4.69) is 20.3 Å². The second-order valence-electron chi connectivity index (χ2n) is 9.39. The number of hydrogen-bond acceptors (Lipinski definition) is 8. The summed E-state index contributed by atoms with van der Waals surface area (Å²) in [6, 6.07) is 15.1. The number of benzene rings is 3. The highest BCUT2D eigenvalue weighted by molar-refractivity contribution is 5.88. The molecule has 2 N–H and O–H groups in total. The number of carbonyl (C=O) groups is 1. The largest absolute Gasteiger partial charge is 0.497 e. The molecule has 0 saturated carbocycles. The first-order chi connectivity index (χ1) is 20.1. The molecule has 1 atom stereocenters. The van der Waals surface area contributed by atoms with E-state index in [0.717, 1.165) is 29.6 Å². The number of ether oxygens (including phenoxy) is 3. The Morgan fingerprint density at radius 2 is 1.67 bits per heavy atom. The second kappa shape index (κ2) is 13.5. The molecule has 12 heteroatoms. The van der Waals surface area contributed by atoms with E-state index in [-0.39, 0.29) is 17.1 Å². The highest BCUT2D eigenvalue weighted by atomic mass is 19.4. The van der Waals surface area contributed by atoms with E-state index >= 15 is 4.39 Å². The van der Waals surface area contributed by atoms with Crippen molar-refractivity contribution in [3.05, 3.63) is 83.7 Å². The summed E-state index contributed by atoms with van der Waals surface area (Å²) < 4.78 is 71.3. The number of esters is 1. The van der Waals surface area contributed by atoms with E-state index in [9.17, 15) is 18.0 Å². The van der Waals surface area contributed by atoms with E-state index in [4.69, 9.17) is 9.47 Å². The van der Waals surface area contributed by atoms with Gasteiger partial charge in [0.15, 0.2) is 6.29 Å². The molecule has 1 aliphatic rings. The predicted octanol–water partition coefficient (Wildman–Crippen LogP) is 5.68. The maximum Gasteiger partial charge on any atom is 0.416 e. The standard InChI is InChI=1S/C30H32F4N4O4/c1-40-23-8-5-7-22(19-23)37-14-16-38(17-15-37)29(35-25-18-21(30(32,33)34)11-12-26(25)41-2)36-28-20(6-4-9-24(28)31)10-13-27(39)42-3/h4-13,18-19,29,35-36H,14-17H2,1-3H3/b13-10+. The molecule has 3 aromatic rings. The minimum atomic E-state index is -4.58. The van der Waals surface area contributed by atoms with Gasteiger partial charge in [0.2, 0.25) is 0 Å². The quantitative estimate of drug-likeness (QED) is 0.136. The number of hydrogen-bond donors (Lipinski definition) is 2. The minimum absolute atomic E-state index is 0.0521. The maximum absolute atomic E-state index is 15.2. The first-order valence-electron chi connectivity index (χ1n) is 13.1. The lowest BCUT2D eigenvalue weighted by atomic mass is 10.1. The van der Waals surface area contributed by atoms with Crippen molar-refractivity contribution < 1.29 is 36.6 Å². The molecule has 0 aromatic heterocycles. The summed E-state index contributed by atoms with van der Waals surface area (Å²) >= 11 is 0. The number of piperazine rings is 1. The van der Waals surface area contributed by atoms with Crippen LogP contribution in [0.3, 0.4) is 0 Å². The van der Waals surface area contributed by atoms with Crippen molar-refractivity contribution in [1.29, 1.82) is 0 Å². The average molecular weight is 589 g/mol. The average Bonchev–Trinajstić information content (AvgIpc) is 3.00. The Balaban J connectivity index is 1.66. The molecule has 8 nitrogen and oxygen atoms in total. The maximum atomic E-state index is 15.2. The van der Waals surface area contributed by atoms with Gasteiger partial charge in [-0.2, -0.15) is 13.2 Å². The first kappa shape index (κ1) is 30.5. The van der Waals surface area contributed by atoms with Gasteiger partial charge in [0.05, 0.1) is 38.3 Å². The van der Waals surface area contributed by atoms with E-state index in [1.807, 2.05) is 29.2 Å². The molecule has 4 rings (SSSR count). The molecule has 1 saturated heterocycles. The number of rotatable bonds is 10. The van der Waals surface area contributed by atoms with Crippen LogP contribution >= 0.6 is 0 Å². The fourth-order valence-electron chi connectivity index (χ4n) is 4.60. The first-order valence-corrected chi connectivity index (χ1v) is 13.1. The van der Waals surface area contributed by atoms with Crippen molar-refractivity contribution in [3.63, 3.8) is 0 Å². The van der Waals surface area contributed by atoms with Gasteiger partial charge in [-0.15, -0.1) is 0 Å². The lowest BCUT2D eigenvalue weighted by Crippen LogP contribution is -2.55. The van der Waals surface area contributed by atoms with Crippen LogP contribution in [0, 0.1) is 5.82 Å². The summed E-state index contributed by atoms with van der Waals surface area (Å²) in [4.78, 5) is 15.8. The number of anilines is 3. The molecule has 1 heterocycles. The van der Waals surface area contributed by atoms with Crippen LogP contribution in [0.1, 0.15) is 11.1 Å². The van der Waals surface area contributed by atoms with Crippen molar-refractivity contribution in [2.45, 2.75) is 12.5 Å². The van der Waals surface area contributed by atoms with Crippen molar-refractivity contribution in [1.82, 2.24) is 4.90 Å². The zero-order chi connectivity index (χ0) is 30.3. The molecule has 3 aromatic carbocycles. The van der Waals surface area contributed by atoms with E-state index in [1.165, 1.54) is 38.5 Å². The third-order valence-corrected chi connectivity index (χ3v) is 6.84. The molecule has 0 amide bonds. The van der Waals surface area contributed by atoms with Gasteiger partial charge < -0.3 is 29.7 Å². The van der Waals surface area contributed by atoms with Crippen LogP contribution in [0.5, 0.6) is 11.5 Å². The molecule has 0 bridgehead atoms. The van der Waals surface area contributed by atoms with Crippen LogP contribution in [0.4, 0.5) is 34.6 Å². The fraction of sp³-hybridized carbons (Fsp3) is 0.300. The molecule has 1 fully saturated rings. The monoisotopic (exact) mass is 588 g/mol. The Morgan fingerprint density at radius 3 is 2.33 bits per heavy atom. The van der Waals surface area contributed by atoms with Gasteiger partial charge in [0.1, 0.15) is 17.3 Å². The van der Waals surface area contributed by atoms with Gasteiger partial charge >= 0.3 is 12.1 Å². The van der Waals surface area contributed by atoms with Crippen LogP contribution in [0.2, 0.25) is 0 Å². The Morgan fingerprint density at radius 1 is 0.929 bits per heavy atom. The number of nitrogens with one attached hydrogen (secondary N) is 2. The molecule has 0 aliphatic carbocycles. The van der Waals surface area contributed by atoms with Gasteiger partial charge in [-0.3, -0.25) is 4.90 Å². The smallest absolute Gasteiger partial charge is 0.416 e. The molecule has 1 aliphatic heterocycles. The SMILES string of the molecule is COC(=O)/C=C/c1cccc(F)c1NC(Nc1cc(C(F)(F)F)ccc1OC)N1CCN(c2cccc(OC)c2)CC1. The summed E-state index contributed by atoms with van der Waals surface area (Å²) in [5.41, 5.74) is 0.577. The summed E-state index contributed by atoms with van der Waals surface area (Å²) in [7, 11) is 4.18. The number of halogens is 4. The van der Waals surface area contributed by atoms with Crippen molar-refractivity contribution in [3.8, 4) is 11.5 Å². The summed E-state index contributed by atoms with van der Waals surface area (Å²) in [6.45, 7) is 2.12. The van der Waals surface area contributed by atoms with E-state index < -0.39 is 29.8 Å². The van der Waals surface area contributed by atoms with Gasteiger partial charge in [-0.05, 0) is 42.5 Å². The zero-order valence-corrected chi connectivity index (χ0v) is 23.4. The lowest BCUT2D eigenvalue weighted by Gasteiger charge is -2.41. The van der Waals surface area contributed by atoms with Crippen LogP contribution in [-0.2, 0) is 15.7 Å². The summed E-state index contributed by atoms with van der Waals surface area (Å²) in [6.07, 6.45) is -2.88. The third kappa shape index (κ3) is 7.43. The second-order valence-corrected chi connectivity index (χ2v) is 9.39. The highest BCUT2D eigenvalue weighted by Gasteiger charge is 2.32. The molecule has 0 spiro atoms. The van der Waals surface area contributed by atoms with Crippen molar-refractivity contribution in [2.24, 2.45) is 0 Å². The Bertz CT molecular complexity index is 1410. The van der Waals surface area contributed by atoms with E-state index in [1.54, 1.807) is 13.2 Å². The number of carbonyl (C=O) groups excluding carboxylic acids is 1. The number of para-hydroxylation sites is 1. The van der Waals surface area contributed by atoms with Gasteiger partial charge in [-0.1, -0.05) is 18.2 Å². The van der Waals surface area contributed by atoms with Gasteiger partial charge in [-0.25, -0.2) is 9.18 Å². The minimum Gasteiger partial charge on any atom is -0.497 e. The number of methoxy groups -OCH3 is 3. The third-order valence-electron chi connectivity index (χ3n) is 6.84. The number of nitrogens with zero attached hydrogens (tertiary/aromatic N) is 2. The molecule has 42 heavy (non-hydrogen) atoms. The van der Waals surface area contributed by atoms with Crippen LogP contribution in [0.15, 0.2) is 66.7 Å². The Labute approximate surface area is 241 Å². The van der Waals surface area contributed by atoms with Crippen molar-refractivity contribution >= 4 is 29.1 Å².